The van der Waals surface area contributed by atoms with Crippen LogP contribution in [-0.2, 0) is 4.79 Å². The average molecular weight is 303 g/mol. The van der Waals surface area contributed by atoms with Gasteiger partial charge in [-0.3, -0.25) is 4.79 Å². The first-order valence-electron chi connectivity index (χ1n) is 6.96. The van der Waals surface area contributed by atoms with Crippen LogP contribution in [0.1, 0.15) is 36.5 Å². The summed E-state index contributed by atoms with van der Waals surface area (Å²) < 4.78 is 1.46. The number of carboxylic acids is 1. The van der Waals surface area contributed by atoms with Crippen LogP contribution in [0.15, 0.2) is 31.0 Å². The molecule has 22 heavy (non-hydrogen) atoms. The van der Waals surface area contributed by atoms with Crippen LogP contribution in [0.25, 0.3) is 5.82 Å². The van der Waals surface area contributed by atoms with Gasteiger partial charge in [0.1, 0.15) is 18.7 Å². The summed E-state index contributed by atoms with van der Waals surface area (Å²) in [6.45, 7) is 1.97. The van der Waals surface area contributed by atoms with E-state index in [1.807, 2.05) is 6.92 Å². The van der Waals surface area contributed by atoms with Gasteiger partial charge in [0.15, 0.2) is 5.82 Å². The summed E-state index contributed by atoms with van der Waals surface area (Å²) in [5, 5.41) is 15.6. The van der Waals surface area contributed by atoms with Gasteiger partial charge in [0.25, 0.3) is 5.91 Å². The Balaban J connectivity index is 2.04. The second kappa shape index (κ2) is 7.30. The number of hydrogen-bond donors (Lipinski definition) is 2. The lowest BCUT2D eigenvalue weighted by Gasteiger charge is -2.14. The minimum absolute atomic E-state index is 0.298. The first-order chi connectivity index (χ1) is 10.6. The van der Waals surface area contributed by atoms with Gasteiger partial charge >= 0.3 is 5.97 Å². The summed E-state index contributed by atoms with van der Waals surface area (Å²) >= 11 is 0. The zero-order valence-electron chi connectivity index (χ0n) is 12.1. The molecule has 0 fully saturated rings. The molecule has 2 N–H and O–H groups in total. The topological polar surface area (TPSA) is 110 Å². The van der Waals surface area contributed by atoms with Crippen LogP contribution in [0.5, 0.6) is 0 Å². The first kappa shape index (κ1) is 15.6. The van der Waals surface area contributed by atoms with Crippen LogP contribution in [0, 0.1) is 0 Å². The van der Waals surface area contributed by atoms with Gasteiger partial charge in [-0.1, -0.05) is 19.8 Å². The van der Waals surface area contributed by atoms with E-state index >= 15 is 0 Å². The van der Waals surface area contributed by atoms with Gasteiger partial charge in [-0.2, -0.15) is 5.10 Å². The molecule has 1 amide bonds. The molecule has 2 heterocycles. The van der Waals surface area contributed by atoms with Gasteiger partial charge in [-0.15, -0.1) is 0 Å². The van der Waals surface area contributed by atoms with Crippen LogP contribution in [0.2, 0.25) is 0 Å². The van der Waals surface area contributed by atoms with Crippen molar-refractivity contribution >= 4 is 11.9 Å². The molecule has 8 heteroatoms. The van der Waals surface area contributed by atoms with E-state index in [1.54, 1.807) is 12.1 Å². The number of unbranched alkanes of at least 4 members (excludes halogenated alkanes) is 1. The number of carboxylic acid groups (broad SMARTS) is 1. The summed E-state index contributed by atoms with van der Waals surface area (Å²) in [6.07, 6.45) is 6.27. The third kappa shape index (κ3) is 3.87. The molecule has 0 saturated heterocycles. The van der Waals surface area contributed by atoms with E-state index in [4.69, 9.17) is 5.11 Å². The van der Waals surface area contributed by atoms with Crippen LogP contribution in [0.4, 0.5) is 0 Å². The molecule has 0 aliphatic carbocycles. The fourth-order valence-electron chi connectivity index (χ4n) is 1.89. The van der Waals surface area contributed by atoms with Crippen LogP contribution in [0.3, 0.4) is 0 Å². The maximum Gasteiger partial charge on any atom is 0.326 e. The SMILES string of the molecule is CCCCC(NC(=O)c1ccc(-n2cncn2)nc1)C(=O)O. The molecular weight excluding hydrogens is 286 g/mol. The first-order valence-corrected chi connectivity index (χ1v) is 6.96. The molecule has 1 atom stereocenters. The van der Waals surface area contributed by atoms with Gasteiger partial charge < -0.3 is 10.4 Å². The Morgan fingerprint density at radius 1 is 1.41 bits per heavy atom. The second-order valence-electron chi connectivity index (χ2n) is 4.75. The van der Waals surface area contributed by atoms with E-state index in [0.717, 1.165) is 12.8 Å². The number of rotatable bonds is 7. The van der Waals surface area contributed by atoms with Crippen molar-refractivity contribution in [1.82, 2.24) is 25.1 Å². The molecule has 0 spiro atoms. The van der Waals surface area contributed by atoms with E-state index in [0.29, 0.717) is 17.8 Å². The van der Waals surface area contributed by atoms with Crippen molar-refractivity contribution in [2.75, 3.05) is 0 Å². The quantitative estimate of drug-likeness (QED) is 0.790. The summed E-state index contributed by atoms with van der Waals surface area (Å²) in [5.74, 6) is -0.968. The van der Waals surface area contributed by atoms with Gasteiger partial charge in [-0.25, -0.2) is 19.4 Å². The van der Waals surface area contributed by atoms with Gasteiger partial charge in [0.2, 0.25) is 0 Å². The number of hydrogen-bond acceptors (Lipinski definition) is 5. The summed E-state index contributed by atoms with van der Waals surface area (Å²) in [7, 11) is 0. The number of nitrogens with zero attached hydrogens (tertiary/aromatic N) is 4. The minimum Gasteiger partial charge on any atom is -0.480 e. The number of amides is 1. The number of aliphatic carboxylic acids is 1. The highest BCUT2D eigenvalue weighted by atomic mass is 16.4. The Hall–Kier alpha value is -2.77. The monoisotopic (exact) mass is 303 g/mol. The number of nitrogens with one attached hydrogen (secondary N) is 1. The molecule has 0 aliphatic rings. The summed E-state index contributed by atoms with van der Waals surface area (Å²) in [5.41, 5.74) is 0.298. The second-order valence-corrected chi connectivity index (χ2v) is 4.75. The third-order valence-electron chi connectivity index (χ3n) is 3.11. The van der Waals surface area contributed by atoms with Crippen LogP contribution < -0.4 is 5.32 Å². The molecule has 2 aromatic heterocycles. The molecule has 0 aliphatic heterocycles. The zero-order valence-corrected chi connectivity index (χ0v) is 12.1. The molecule has 8 nitrogen and oxygen atoms in total. The van der Waals surface area contributed by atoms with Crippen molar-refractivity contribution in [3.05, 3.63) is 36.5 Å². The summed E-state index contributed by atoms with van der Waals surface area (Å²) in [4.78, 5) is 31.1. The molecular formula is C14H17N5O3. The normalized spacial score (nSPS) is 11.9. The number of aromatic nitrogens is 4. The Labute approximate surface area is 127 Å². The molecule has 0 radical (unpaired) electrons. The predicted molar refractivity (Wildman–Crippen MR) is 77.6 cm³/mol. The van der Waals surface area contributed by atoms with Crippen molar-refractivity contribution in [1.29, 1.82) is 0 Å². The maximum absolute atomic E-state index is 12.1. The average Bonchev–Trinajstić information content (AvgIpc) is 3.05. The van der Waals surface area contributed by atoms with E-state index in [-0.39, 0.29) is 0 Å². The molecule has 116 valence electrons. The number of carbonyl (C=O) groups excluding carboxylic acids is 1. The van der Waals surface area contributed by atoms with Crippen molar-refractivity contribution in [3.63, 3.8) is 0 Å². The van der Waals surface area contributed by atoms with Gasteiger partial charge in [0, 0.05) is 6.20 Å². The zero-order chi connectivity index (χ0) is 15.9. The highest BCUT2D eigenvalue weighted by Crippen LogP contribution is 2.06. The summed E-state index contributed by atoms with van der Waals surface area (Å²) in [6, 6.07) is 2.30. The van der Waals surface area contributed by atoms with E-state index in [9.17, 15) is 9.59 Å². The lowest BCUT2D eigenvalue weighted by molar-refractivity contribution is -0.139. The fraction of sp³-hybridized carbons (Fsp3) is 0.357. The Kier molecular flexibility index (Phi) is 5.18. The number of carbonyl (C=O) groups is 2. The third-order valence-corrected chi connectivity index (χ3v) is 3.11. The van der Waals surface area contributed by atoms with Crippen LogP contribution in [-0.4, -0.2) is 42.8 Å². The van der Waals surface area contributed by atoms with E-state index < -0.39 is 17.9 Å². The smallest absolute Gasteiger partial charge is 0.326 e. The van der Waals surface area contributed by atoms with Crippen molar-refractivity contribution in [2.24, 2.45) is 0 Å². The van der Waals surface area contributed by atoms with Crippen molar-refractivity contribution in [3.8, 4) is 5.82 Å². The van der Waals surface area contributed by atoms with Gasteiger partial charge in [0.05, 0.1) is 5.56 Å². The molecule has 0 aromatic carbocycles. The maximum atomic E-state index is 12.1. The lowest BCUT2D eigenvalue weighted by atomic mass is 10.1. The highest BCUT2D eigenvalue weighted by molar-refractivity contribution is 5.96. The largest absolute Gasteiger partial charge is 0.480 e. The Bertz CT molecular complexity index is 624. The molecule has 2 aromatic rings. The predicted octanol–water partition coefficient (Wildman–Crippen LogP) is 1.04. The van der Waals surface area contributed by atoms with Gasteiger partial charge in [-0.05, 0) is 18.6 Å². The lowest BCUT2D eigenvalue weighted by Crippen LogP contribution is -2.40. The molecule has 0 bridgehead atoms. The Morgan fingerprint density at radius 3 is 2.77 bits per heavy atom. The fourth-order valence-corrected chi connectivity index (χ4v) is 1.89. The van der Waals surface area contributed by atoms with Crippen LogP contribution >= 0.6 is 0 Å². The van der Waals surface area contributed by atoms with Crippen molar-refractivity contribution < 1.29 is 14.7 Å². The molecule has 2 rings (SSSR count). The molecule has 1 unspecified atom stereocenters. The Morgan fingerprint density at radius 2 is 2.23 bits per heavy atom. The molecule has 0 saturated carbocycles. The van der Waals surface area contributed by atoms with E-state index in [2.05, 4.69) is 20.4 Å². The standard InChI is InChI=1S/C14H17N5O3/c1-2-3-4-11(14(21)22)18-13(20)10-5-6-12(16-7-10)19-9-15-8-17-19/h5-9,11H,2-4H2,1H3,(H,18,20)(H,21,22). The number of pyridine rings is 1. The van der Waals surface area contributed by atoms with E-state index in [1.165, 1.54) is 23.5 Å². The van der Waals surface area contributed by atoms with Crippen molar-refractivity contribution in [2.45, 2.75) is 32.2 Å². The highest BCUT2D eigenvalue weighted by Gasteiger charge is 2.20. The minimum atomic E-state index is -1.03.